The van der Waals surface area contributed by atoms with Crippen molar-refractivity contribution in [3.8, 4) is 0 Å². The minimum absolute atomic E-state index is 0.0999. The van der Waals surface area contributed by atoms with Crippen LogP contribution in [0.2, 0.25) is 0 Å². The number of nitrogen functional groups attached to an aromatic ring is 1. The van der Waals surface area contributed by atoms with Gasteiger partial charge in [0, 0.05) is 24.8 Å². The highest BCUT2D eigenvalue weighted by molar-refractivity contribution is 5.48. The summed E-state index contributed by atoms with van der Waals surface area (Å²) in [5.41, 5.74) is 3.37. The molecule has 4 N–H and O–H groups in total. The average molecular weight is 211 g/mol. The lowest BCUT2D eigenvalue weighted by Gasteiger charge is -2.22. The van der Waals surface area contributed by atoms with Crippen molar-refractivity contribution in [2.24, 2.45) is 5.84 Å². The Bertz CT molecular complexity index is 317. The van der Waals surface area contributed by atoms with E-state index in [1.807, 2.05) is 18.7 Å². The lowest BCUT2D eigenvalue weighted by molar-refractivity contribution is 0.302. The number of aryl methyl sites for hydroxylation is 1. The average Bonchev–Trinajstić information content (AvgIpc) is 2.27. The molecule has 1 aromatic rings. The number of hydrazine groups is 1. The molecule has 1 heterocycles. The van der Waals surface area contributed by atoms with Crippen molar-refractivity contribution < 1.29 is 5.11 Å². The van der Waals surface area contributed by atoms with Gasteiger partial charge < -0.3 is 10.0 Å². The molecule has 84 valence electrons. The van der Waals surface area contributed by atoms with E-state index in [4.69, 9.17) is 10.9 Å². The predicted octanol–water partition coefficient (Wildman–Crippen LogP) is -0.111. The third-order valence-corrected chi connectivity index (χ3v) is 2.13. The highest BCUT2D eigenvalue weighted by Gasteiger charge is 2.09. The zero-order valence-corrected chi connectivity index (χ0v) is 9.06. The van der Waals surface area contributed by atoms with Crippen LogP contribution in [-0.4, -0.2) is 34.8 Å². The van der Waals surface area contributed by atoms with Crippen LogP contribution in [0.15, 0.2) is 6.20 Å². The van der Waals surface area contributed by atoms with Gasteiger partial charge in [-0.05, 0) is 13.8 Å². The number of anilines is 2. The van der Waals surface area contributed by atoms with Gasteiger partial charge in [-0.25, -0.2) is 10.8 Å². The van der Waals surface area contributed by atoms with E-state index < -0.39 is 0 Å². The molecule has 6 heteroatoms. The van der Waals surface area contributed by atoms with Crippen LogP contribution in [0.5, 0.6) is 0 Å². The SMILES string of the molecule is CCN(CCO)c1nc(NN)ncc1C. The van der Waals surface area contributed by atoms with Crippen molar-refractivity contribution in [2.45, 2.75) is 13.8 Å². The Kier molecular flexibility index (Phi) is 4.26. The van der Waals surface area contributed by atoms with Gasteiger partial charge in [0.1, 0.15) is 5.82 Å². The molecule has 0 atom stereocenters. The van der Waals surface area contributed by atoms with E-state index in [2.05, 4.69) is 15.4 Å². The van der Waals surface area contributed by atoms with Crippen LogP contribution < -0.4 is 16.2 Å². The highest BCUT2D eigenvalue weighted by Crippen LogP contribution is 2.16. The fraction of sp³-hybridized carbons (Fsp3) is 0.556. The van der Waals surface area contributed by atoms with Crippen LogP contribution in [-0.2, 0) is 0 Å². The standard InChI is InChI=1S/C9H17N5O/c1-3-14(4-5-15)8-7(2)6-11-9(12-8)13-10/h6,15H,3-5,10H2,1-2H3,(H,11,12,13). The minimum Gasteiger partial charge on any atom is -0.395 e. The van der Waals surface area contributed by atoms with Crippen molar-refractivity contribution in [3.63, 3.8) is 0 Å². The van der Waals surface area contributed by atoms with Gasteiger partial charge in [0.25, 0.3) is 0 Å². The van der Waals surface area contributed by atoms with E-state index in [1.165, 1.54) is 0 Å². The predicted molar refractivity (Wildman–Crippen MR) is 59.6 cm³/mol. The summed E-state index contributed by atoms with van der Waals surface area (Å²) in [4.78, 5) is 10.2. The van der Waals surface area contributed by atoms with Gasteiger partial charge in [0.15, 0.2) is 0 Å². The first kappa shape index (κ1) is 11.7. The second-order valence-corrected chi connectivity index (χ2v) is 3.15. The number of aromatic nitrogens is 2. The molecule has 1 rings (SSSR count). The third-order valence-electron chi connectivity index (χ3n) is 2.13. The van der Waals surface area contributed by atoms with Crippen molar-refractivity contribution in [1.29, 1.82) is 0 Å². The van der Waals surface area contributed by atoms with Crippen LogP contribution in [0.4, 0.5) is 11.8 Å². The second kappa shape index (κ2) is 5.47. The number of rotatable bonds is 5. The lowest BCUT2D eigenvalue weighted by atomic mass is 10.3. The third kappa shape index (κ3) is 2.77. The molecular weight excluding hydrogens is 194 g/mol. The minimum atomic E-state index is 0.0999. The highest BCUT2D eigenvalue weighted by atomic mass is 16.3. The molecule has 0 aliphatic rings. The first-order valence-electron chi connectivity index (χ1n) is 4.89. The summed E-state index contributed by atoms with van der Waals surface area (Å²) in [6.07, 6.45) is 1.71. The molecule has 0 spiro atoms. The molecule has 0 aliphatic heterocycles. The normalized spacial score (nSPS) is 10.1. The fourth-order valence-corrected chi connectivity index (χ4v) is 1.36. The number of likely N-dealkylation sites (N-methyl/N-ethyl adjacent to an activating group) is 1. The summed E-state index contributed by atoms with van der Waals surface area (Å²) in [7, 11) is 0. The second-order valence-electron chi connectivity index (χ2n) is 3.15. The van der Waals surface area contributed by atoms with Gasteiger partial charge in [-0.2, -0.15) is 4.98 Å². The fourth-order valence-electron chi connectivity index (χ4n) is 1.36. The molecule has 0 bridgehead atoms. The van der Waals surface area contributed by atoms with Crippen LogP contribution >= 0.6 is 0 Å². The maximum Gasteiger partial charge on any atom is 0.239 e. The van der Waals surface area contributed by atoms with Gasteiger partial charge in [0.2, 0.25) is 5.95 Å². The van der Waals surface area contributed by atoms with Crippen molar-refractivity contribution in [1.82, 2.24) is 9.97 Å². The van der Waals surface area contributed by atoms with E-state index >= 15 is 0 Å². The molecule has 0 saturated carbocycles. The van der Waals surface area contributed by atoms with Crippen LogP contribution in [0, 0.1) is 6.92 Å². The number of hydrogen-bond donors (Lipinski definition) is 3. The monoisotopic (exact) mass is 211 g/mol. The molecule has 0 radical (unpaired) electrons. The molecule has 1 aromatic heterocycles. The Morgan fingerprint density at radius 1 is 1.60 bits per heavy atom. The zero-order chi connectivity index (χ0) is 11.3. The summed E-state index contributed by atoms with van der Waals surface area (Å²) in [6.45, 7) is 5.37. The summed E-state index contributed by atoms with van der Waals surface area (Å²) < 4.78 is 0. The van der Waals surface area contributed by atoms with E-state index in [-0.39, 0.29) is 6.61 Å². The summed E-state index contributed by atoms with van der Waals surface area (Å²) in [5.74, 6) is 6.42. The molecule has 0 unspecified atom stereocenters. The Balaban J connectivity index is 2.98. The molecule has 0 aliphatic carbocycles. The van der Waals surface area contributed by atoms with E-state index in [1.54, 1.807) is 6.20 Å². The summed E-state index contributed by atoms with van der Waals surface area (Å²) in [5, 5.41) is 8.92. The maximum atomic E-state index is 8.92. The number of nitrogens with zero attached hydrogens (tertiary/aromatic N) is 3. The van der Waals surface area contributed by atoms with E-state index in [0.717, 1.165) is 17.9 Å². The molecule has 15 heavy (non-hydrogen) atoms. The number of aliphatic hydroxyl groups is 1. The van der Waals surface area contributed by atoms with Gasteiger partial charge in [-0.15, -0.1) is 0 Å². The van der Waals surface area contributed by atoms with Gasteiger partial charge in [-0.1, -0.05) is 0 Å². The molecule has 6 nitrogen and oxygen atoms in total. The number of aliphatic hydroxyl groups excluding tert-OH is 1. The smallest absolute Gasteiger partial charge is 0.239 e. The molecule has 0 amide bonds. The van der Waals surface area contributed by atoms with E-state index in [9.17, 15) is 0 Å². The number of nitrogens with two attached hydrogens (primary N) is 1. The van der Waals surface area contributed by atoms with Crippen LogP contribution in [0.25, 0.3) is 0 Å². The lowest BCUT2D eigenvalue weighted by Crippen LogP contribution is -2.28. The molecule has 0 saturated heterocycles. The Hall–Kier alpha value is -1.40. The Morgan fingerprint density at radius 3 is 2.87 bits per heavy atom. The first-order valence-corrected chi connectivity index (χ1v) is 4.89. The van der Waals surface area contributed by atoms with Gasteiger partial charge in [-0.3, -0.25) is 5.43 Å². The summed E-state index contributed by atoms with van der Waals surface area (Å²) >= 11 is 0. The quantitative estimate of drug-likeness (QED) is 0.465. The first-order chi connectivity index (χ1) is 7.22. The van der Waals surface area contributed by atoms with E-state index in [0.29, 0.717) is 12.5 Å². The molecular formula is C9H17N5O. The van der Waals surface area contributed by atoms with Crippen molar-refractivity contribution in [3.05, 3.63) is 11.8 Å². The molecule has 0 fully saturated rings. The number of nitrogens with one attached hydrogen (secondary N) is 1. The van der Waals surface area contributed by atoms with Gasteiger partial charge in [0.05, 0.1) is 6.61 Å². The largest absolute Gasteiger partial charge is 0.395 e. The molecule has 0 aromatic carbocycles. The summed E-state index contributed by atoms with van der Waals surface area (Å²) in [6, 6.07) is 0. The number of hydrogen-bond acceptors (Lipinski definition) is 6. The van der Waals surface area contributed by atoms with Crippen LogP contribution in [0.3, 0.4) is 0 Å². The topological polar surface area (TPSA) is 87.3 Å². The maximum absolute atomic E-state index is 8.92. The zero-order valence-electron chi connectivity index (χ0n) is 9.06. The Labute approximate surface area is 89.1 Å². The van der Waals surface area contributed by atoms with Crippen molar-refractivity contribution >= 4 is 11.8 Å². The van der Waals surface area contributed by atoms with Gasteiger partial charge >= 0.3 is 0 Å². The Morgan fingerprint density at radius 2 is 2.33 bits per heavy atom. The van der Waals surface area contributed by atoms with Crippen molar-refractivity contribution in [2.75, 3.05) is 30.0 Å². The van der Waals surface area contributed by atoms with Crippen LogP contribution in [0.1, 0.15) is 12.5 Å².